The van der Waals surface area contributed by atoms with Crippen LogP contribution in [0.2, 0.25) is 0 Å². The first-order valence-electron chi connectivity index (χ1n) is 4.65. The second kappa shape index (κ2) is 6.99. The predicted molar refractivity (Wildman–Crippen MR) is 57.0 cm³/mol. The number of ether oxygens (including phenoxy) is 2. The number of hydrogen-bond donors (Lipinski definition) is 2. The summed E-state index contributed by atoms with van der Waals surface area (Å²) >= 11 is 0. The van der Waals surface area contributed by atoms with Crippen molar-refractivity contribution < 1.29 is 40.8 Å². The van der Waals surface area contributed by atoms with Gasteiger partial charge < -0.3 is 14.8 Å². The van der Waals surface area contributed by atoms with Crippen molar-refractivity contribution in [2.24, 2.45) is 0 Å². The summed E-state index contributed by atoms with van der Waals surface area (Å²) < 4.78 is 61.9. The molecule has 0 aromatic rings. The van der Waals surface area contributed by atoms with E-state index in [9.17, 15) is 26.8 Å². The number of alkyl halides is 2. The lowest BCUT2D eigenvalue weighted by atomic mass is 10.6. The van der Waals surface area contributed by atoms with E-state index in [1.165, 1.54) is 0 Å². The molecule has 19 heavy (non-hydrogen) atoms. The standard InChI is InChI=1S/C8H11F2NO7S/c1-2-6(12)17-4-3-11-7(13)18-5-8(9,10)19(14,15)16/h2H,1,3-5H2,(H,11,13)(H,14,15,16). The van der Waals surface area contributed by atoms with Crippen LogP contribution in [0.1, 0.15) is 0 Å². The Morgan fingerprint density at radius 1 is 1.37 bits per heavy atom. The van der Waals surface area contributed by atoms with E-state index in [1.54, 1.807) is 0 Å². The van der Waals surface area contributed by atoms with Crippen LogP contribution in [0.15, 0.2) is 12.7 Å². The highest BCUT2D eigenvalue weighted by molar-refractivity contribution is 7.86. The van der Waals surface area contributed by atoms with Crippen LogP contribution in [0.3, 0.4) is 0 Å². The molecule has 0 radical (unpaired) electrons. The van der Waals surface area contributed by atoms with Crippen molar-refractivity contribution in [3.05, 3.63) is 12.7 Å². The van der Waals surface area contributed by atoms with Gasteiger partial charge in [0.25, 0.3) is 0 Å². The second-order valence-corrected chi connectivity index (χ2v) is 4.53. The highest BCUT2D eigenvalue weighted by atomic mass is 32.2. The SMILES string of the molecule is C=CC(=O)OCCNC(=O)OCC(F)(F)S(=O)(=O)O. The highest BCUT2D eigenvalue weighted by Gasteiger charge is 2.45. The third kappa shape index (κ3) is 6.67. The van der Waals surface area contributed by atoms with E-state index >= 15 is 0 Å². The number of nitrogens with one attached hydrogen (secondary N) is 1. The molecule has 11 heteroatoms. The lowest BCUT2D eigenvalue weighted by Gasteiger charge is -2.13. The zero-order chi connectivity index (χ0) is 15.1. The van der Waals surface area contributed by atoms with Crippen molar-refractivity contribution >= 4 is 22.2 Å². The summed E-state index contributed by atoms with van der Waals surface area (Å²) in [6.45, 7) is 0.765. The van der Waals surface area contributed by atoms with Crippen LogP contribution in [0.4, 0.5) is 13.6 Å². The average Bonchev–Trinajstić information content (AvgIpc) is 2.30. The fourth-order valence-electron chi connectivity index (χ4n) is 0.639. The summed E-state index contributed by atoms with van der Waals surface area (Å²) in [4.78, 5) is 21.4. The van der Waals surface area contributed by atoms with E-state index in [0.717, 1.165) is 6.08 Å². The van der Waals surface area contributed by atoms with Crippen LogP contribution < -0.4 is 5.32 Å². The van der Waals surface area contributed by atoms with Gasteiger partial charge in [-0.05, 0) is 0 Å². The third-order valence-electron chi connectivity index (χ3n) is 1.53. The smallest absolute Gasteiger partial charge is 0.407 e. The summed E-state index contributed by atoms with van der Waals surface area (Å²) in [7, 11) is -5.66. The molecule has 0 fully saturated rings. The molecule has 0 bridgehead atoms. The molecule has 0 rings (SSSR count). The Bertz CT molecular complexity index is 448. The van der Waals surface area contributed by atoms with Crippen LogP contribution in [0.5, 0.6) is 0 Å². The molecule has 0 aliphatic carbocycles. The Morgan fingerprint density at radius 2 is 1.95 bits per heavy atom. The van der Waals surface area contributed by atoms with Crippen LogP contribution in [0.25, 0.3) is 0 Å². The van der Waals surface area contributed by atoms with Crippen LogP contribution in [0, 0.1) is 0 Å². The second-order valence-electron chi connectivity index (χ2n) is 2.99. The predicted octanol–water partition coefficient (Wildman–Crippen LogP) is -0.0776. The van der Waals surface area contributed by atoms with Gasteiger partial charge in [0.15, 0.2) is 6.61 Å². The number of hydrogen-bond acceptors (Lipinski definition) is 6. The molecule has 1 amide bonds. The summed E-state index contributed by atoms with van der Waals surface area (Å²) in [5.74, 6) is -0.743. The Morgan fingerprint density at radius 3 is 2.42 bits per heavy atom. The van der Waals surface area contributed by atoms with Crippen LogP contribution in [-0.4, -0.2) is 50.0 Å². The van der Waals surface area contributed by atoms with Gasteiger partial charge in [-0.3, -0.25) is 4.55 Å². The quantitative estimate of drug-likeness (QED) is 0.292. The first-order chi connectivity index (χ1) is 8.60. The molecule has 0 saturated carbocycles. The molecule has 0 spiro atoms. The first-order valence-corrected chi connectivity index (χ1v) is 6.09. The number of carbonyl (C=O) groups is 2. The van der Waals surface area contributed by atoms with E-state index in [1.807, 2.05) is 5.32 Å². The lowest BCUT2D eigenvalue weighted by Crippen LogP contribution is -2.37. The maximum Gasteiger partial charge on any atom is 0.407 e. The molecule has 0 aliphatic heterocycles. The van der Waals surface area contributed by atoms with Crippen molar-refractivity contribution in [2.75, 3.05) is 19.8 Å². The van der Waals surface area contributed by atoms with Crippen LogP contribution in [-0.2, 0) is 24.4 Å². The molecular weight excluding hydrogens is 292 g/mol. The molecule has 8 nitrogen and oxygen atoms in total. The van der Waals surface area contributed by atoms with Crippen LogP contribution >= 0.6 is 0 Å². The first kappa shape index (κ1) is 17.2. The number of carbonyl (C=O) groups excluding carboxylic acids is 2. The van der Waals surface area contributed by atoms with E-state index < -0.39 is 34.0 Å². The summed E-state index contributed by atoms with van der Waals surface area (Å²) in [6, 6.07) is 0. The van der Waals surface area contributed by atoms with Crippen molar-refractivity contribution in [1.82, 2.24) is 5.32 Å². The zero-order valence-corrected chi connectivity index (χ0v) is 10.3. The number of alkyl carbamates (subject to hydrolysis) is 1. The van der Waals surface area contributed by atoms with Gasteiger partial charge in [-0.25, -0.2) is 9.59 Å². The van der Waals surface area contributed by atoms with E-state index in [0.29, 0.717) is 0 Å². The highest BCUT2D eigenvalue weighted by Crippen LogP contribution is 2.20. The normalized spacial score (nSPS) is 11.5. The van der Waals surface area contributed by atoms with Gasteiger partial charge in [-0.2, -0.15) is 17.2 Å². The van der Waals surface area contributed by atoms with Crippen molar-refractivity contribution in [3.63, 3.8) is 0 Å². The van der Waals surface area contributed by atoms with E-state index in [2.05, 4.69) is 16.1 Å². The third-order valence-corrected chi connectivity index (χ3v) is 2.40. The molecule has 2 N–H and O–H groups in total. The van der Waals surface area contributed by atoms with Crippen molar-refractivity contribution in [2.45, 2.75) is 5.25 Å². The molecule has 0 atom stereocenters. The maximum atomic E-state index is 12.6. The minimum absolute atomic E-state index is 0.240. The Kier molecular flexibility index (Phi) is 6.35. The zero-order valence-electron chi connectivity index (χ0n) is 9.47. The summed E-state index contributed by atoms with van der Waals surface area (Å²) in [5, 5.41) is -2.69. The Labute approximate surface area is 107 Å². The van der Waals surface area contributed by atoms with Gasteiger partial charge in [-0.15, -0.1) is 0 Å². The maximum absolute atomic E-state index is 12.6. The van der Waals surface area contributed by atoms with E-state index in [4.69, 9.17) is 4.55 Å². The van der Waals surface area contributed by atoms with Crippen molar-refractivity contribution in [1.29, 1.82) is 0 Å². The minimum atomic E-state index is -5.66. The topological polar surface area (TPSA) is 119 Å². The molecular formula is C8H11F2NO7S. The minimum Gasteiger partial charge on any atom is -0.461 e. The fourth-order valence-corrected chi connectivity index (χ4v) is 0.847. The molecule has 0 aromatic carbocycles. The molecule has 0 aliphatic rings. The Balaban J connectivity index is 3.95. The van der Waals surface area contributed by atoms with Gasteiger partial charge >= 0.3 is 27.4 Å². The van der Waals surface area contributed by atoms with Gasteiger partial charge in [0.2, 0.25) is 0 Å². The number of esters is 1. The number of halogens is 2. The molecule has 0 unspecified atom stereocenters. The number of rotatable bonds is 7. The number of amides is 1. The van der Waals surface area contributed by atoms with Gasteiger partial charge in [0.1, 0.15) is 6.61 Å². The Hall–Kier alpha value is -1.75. The lowest BCUT2D eigenvalue weighted by molar-refractivity contribution is -0.137. The molecule has 0 heterocycles. The largest absolute Gasteiger partial charge is 0.461 e. The molecule has 0 aromatic heterocycles. The fraction of sp³-hybridized carbons (Fsp3) is 0.500. The van der Waals surface area contributed by atoms with Gasteiger partial charge in [-0.1, -0.05) is 6.58 Å². The molecule has 110 valence electrons. The summed E-state index contributed by atoms with van der Waals surface area (Å²) in [5.41, 5.74) is 0. The monoisotopic (exact) mass is 303 g/mol. The van der Waals surface area contributed by atoms with Crippen molar-refractivity contribution in [3.8, 4) is 0 Å². The average molecular weight is 303 g/mol. The molecule has 0 saturated heterocycles. The van der Waals surface area contributed by atoms with Gasteiger partial charge in [0.05, 0.1) is 6.54 Å². The van der Waals surface area contributed by atoms with Gasteiger partial charge in [0, 0.05) is 6.08 Å². The summed E-state index contributed by atoms with van der Waals surface area (Å²) in [6.07, 6.45) is -0.483. The van der Waals surface area contributed by atoms with E-state index in [-0.39, 0.29) is 13.2 Å².